The van der Waals surface area contributed by atoms with Gasteiger partial charge in [-0.2, -0.15) is 5.10 Å². The molecule has 3 rings (SSSR count). The lowest BCUT2D eigenvalue weighted by Crippen LogP contribution is -2.39. The Balaban J connectivity index is 0.000000199. The fourth-order valence-electron chi connectivity index (χ4n) is 2.11. The van der Waals surface area contributed by atoms with Crippen LogP contribution in [0.15, 0.2) is 30.5 Å². The fraction of sp³-hybridized carbons (Fsp3) is 0.267. The summed E-state index contributed by atoms with van der Waals surface area (Å²) in [5.74, 6) is -2.47. The number of rotatable bonds is 3. The molecule has 2 unspecified atom stereocenters. The van der Waals surface area contributed by atoms with E-state index in [0.29, 0.717) is 0 Å². The van der Waals surface area contributed by atoms with Crippen molar-refractivity contribution in [2.45, 2.75) is 18.8 Å². The highest BCUT2D eigenvalue weighted by Crippen LogP contribution is 2.30. The van der Waals surface area contributed by atoms with Gasteiger partial charge >= 0.3 is 11.9 Å². The maximum Gasteiger partial charge on any atom is 0.335 e. The highest BCUT2D eigenvalue weighted by atomic mass is 16.4. The van der Waals surface area contributed by atoms with Gasteiger partial charge in [-0.25, -0.2) is 9.59 Å². The molecule has 0 radical (unpaired) electrons. The third-order valence-electron chi connectivity index (χ3n) is 3.47. The number of aryl methyl sites for hydroxylation is 1. The normalized spacial score (nSPS) is 14.2. The molecule has 0 saturated carbocycles. The van der Waals surface area contributed by atoms with Gasteiger partial charge in [-0.1, -0.05) is 12.1 Å². The van der Waals surface area contributed by atoms with Crippen LogP contribution in [-0.4, -0.2) is 54.4 Å². The number of aliphatic carboxylic acids is 2. The molecule has 10 heteroatoms. The Kier molecular flexibility index (Phi) is 5.57. The van der Waals surface area contributed by atoms with E-state index in [9.17, 15) is 9.59 Å². The molecule has 134 valence electrons. The predicted octanol–water partition coefficient (Wildman–Crippen LogP) is -0.0334. The number of carboxylic acids is 2. The number of carboxylic acid groups (broad SMARTS) is 2. The molecule has 1 aromatic carbocycles. The maximum absolute atomic E-state index is 9.77. The molecule has 0 bridgehead atoms. The molecule has 0 amide bonds. The van der Waals surface area contributed by atoms with Gasteiger partial charge in [0, 0.05) is 19.2 Å². The van der Waals surface area contributed by atoms with Crippen molar-refractivity contribution >= 4 is 29.1 Å². The van der Waals surface area contributed by atoms with Crippen molar-refractivity contribution in [2.24, 2.45) is 7.05 Å². The van der Waals surface area contributed by atoms with Gasteiger partial charge in [0.25, 0.3) is 0 Å². The number of fused-ring (bicyclic) bond motifs is 2. The topological polar surface area (TPSA) is 157 Å². The van der Waals surface area contributed by atoms with Crippen molar-refractivity contribution in [1.29, 1.82) is 0 Å². The molecule has 1 aromatic heterocycles. The van der Waals surface area contributed by atoms with Gasteiger partial charge in [-0.15, -0.1) is 0 Å². The highest BCUT2D eigenvalue weighted by Gasteiger charge is 2.29. The Hall–Kier alpha value is -3.11. The van der Waals surface area contributed by atoms with Gasteiger partial charge in [-0.05, 0) is 12.1 Å². The first kappa shape index (κ1) is 18.2. The van der Waals surface area contributed by atoms with E-state index >= 15 is 0 Å². The van der Waals surface area contributed by atoms with E-state index in [1.54, 1.807) is 0 Å². The number of nitrogens with zero attached hydrogens (tertiary/aromatic N) is 2. The number of para-hydroxylation sites is 2. The summed E-state index contributed by atoms with van der Waals surface area (Å²) in [4.78, 5) is 19.5. The zero-order valence-electron chi connectivity index (χ0n) is 13.2. The number of aliphatic hydroxyl groups is 2. The summed E-state index contributed by atoms with van der Waals surface area (Å²) in [6, 6.07) is 8.18. The standard InChI is InChI=1S/C11H12N4.C4H6O6/c1-15-11-8(7-13-15)6-12-9-4-2-3-5-10(9)14-11;5-1(3(7)8)2(6)4(9)10/h2-5,7,12,14H,6H2,1H3;1-2,5-6H,(H,7,8)(H,9,10). The van der Waals surface area contributed by atoms with Crippen molar-refractivity contribution in [2.75, 3.05) is 10.6 Å². The van der Waals surface area contributed by atoms with E-state index in [4.69, 9.17) is 20.4 Å². The molecule has 2 heterocycles. The lowest BCUT2D eigenvalue weighted by Gasteiger charge is -2.08. The first-order chi connectivity index (χ1) is 11.8. The summed E-state index contributed by atoms with van der Waals surface area (Å²) in [7, 11) is 1.94. The first-order valence-electron chi connectivity index (χ1n) is 7.23. The molecule has 0 spiro atoms. The molecule has 25 heavy (non-hydrogen) atoms. The van der Waals surface area contributed by atoms with Crippen molar-refractivity contribution in [3.05, 3.63) is 36.0 Å². The molecule has 10 nitrogen and oxygen atoms in total. The first-order valence-corrected chi connectivity index (χ1v) is 7.23. The summed E-state index contributed by atoms with van der Waals surface area (Å²) in [6.45, 7) is 0.813. The van der Waals surface area contributed by atoms with Crippen LogP contribution in [0.3, 0.4) is 0 Å². The van der Waals surface area contributed by atoms with E-state index in [1.165, 1.54) is 5.56 Å². The lowest BCUT2D eigenvalue weighted by molar-refractivity contribution is -0.165. The summed E-state index contributed by atoms with van der Waals surface area (Å²) >= 11 is 0. The van der Waals surface area contributed by atoms with Gasteiger partial charge in [0.05, 0.1) is 17.6 Å². The smallest absolute Gasteiger partial charge is 0.335 e. The summed E-state index contributed by atoms with van der Waals surface area (Å²) in [6.07, 6.45) is -2.64. The third kappa shape index (κ3) is 4.25. The second-order valence-electron chi connectivity index (χ2n) is 5.23. The molecule has 0 aliphatic carbocycles. The number of benzene rings is 1. The molecule has 1 aliphatic rings. The number of carbonyl (C=O) groups is 2. The third-order valence-corrected chi connectivity index (χ3v) is 3.47. The van der Waals surface area contributed by atoms with E-state index in [1.807, 2.05) is 30.1 Å². The van der Waals surface area contributed by atoms with E-state index in [2.05, 4.69) is 27.9 Å². The van der Waals surface area contributed by atoms with Crippen molar-refractivity contribution < 1.29 is 30.0 Å². The second kappa shape index (κ2) is 7.64. The molecule has 0 saturated heterocycles. The van der Waals surface area contributed by atoms with Gasteiger partial charge in [-0.3, -0.25) is 4.68 Å². The zero-order valence-corrected chi connectivity index (χ0v) is 13.2. The monoisotopic (exact) mass is 350 g/mol. The van der Waals surface area contributed by atoms with Crippen LogP contribution in [0.2, 0.25) is 0 Å². The summed E-state index contributed by atoms with van der Waals surface area (Å²) in [5.41, 5.74) is 3.42. The van der Waals surface area contributed by atoms with Crippen LogP contribution in [0.5, 0.6) is 0 Å². The molecule has 0 fully saturated rings. The largest absolute Gasteiger partial charge is 0.479 e. The van der Waals surface area contributed by atoms with Crippen LogP contribution in [0.4, 0.5) is 17.2 Å². The van der Waals surface area contributed by atoms with Crippen LogP contribution in [0.25, 0.3) is 0 Å². The number of hydrogen-bond acceptors (Lipinski definition) is 7. The number of aliphatic hydroxyl groups excluding tert-OH is 2. The molecule has 2 atom stereocenters. The summed E-state index contributed by atoms with van der Waals surface area (Å²) < 4.78 is 1.86. The van der Waals surface area contributed by atoms with Crippen LogP contribution < -0.4 is 10.6 Å². The second-order valence-corrected chi connectivity index (χ2v) is 5.23. The number of anilines is 3. The fourth-order valence-corrected chi connectivity index (χ4v) is 2.11. The van der Waals surface area contributed by atoms with Crippen molar-refractivity contribution in [3.63, 3.8) is 0 Å². The molecule has 1 aliphatic heterocycles. The Morgan fingerprint density at radius 3 is 2.24 bits per heavy atom. The van der Waals surface area contributed by atoms with Gasteiger partial charge in [0.2, 0.25) is 0 Å². The Labute approximate surface area is 142 Å². The maximum atomic E-state index is 9.77. The Bertz CT molecular complexity index is 757. The van der Waals surface area contributed by atoms with E-state index < -0.39 is 24.1 Å². The van der Waals surface area contributed by atoms with Crippen molar-refractivity contribution in [1.82, 2.24) is 9.78 Å². The average molecular weight is 350 g/mol. The number of hydrogen-bond donors (Lipinski definition) is 6. The summed E-state index contributed by atoms with van der Waals surface area (Å²) in [5, 5.41) is 43.5. The van der Waals surface area contributed by atoms with Gasteiger partial charge < -0.3 is 31.1 Å². The van der Waals surface area contributed by atoms with Gasteiger partial charge in [0.15, 0.2) is 12.2 Å². The molecular formula is C15H18N4O6. The molecule has 2 aromatic rings. The molecule has 6 N–H and O–H groups in total. The minimum absolute atomic E-state index is 0.813. The van der Waals surface area contributed by atoms with E-state index in [-0.39, 0.29) is 0 Å². The van der Waals surface area contributed by atoms with Crippen LogP contribution in [0, 0.1) is 0 Å². The minimum atomic E-state index is -2.27. The predicted molar refractivity (Wildman–Crippen MR) is 87.5 cm³/mol. The van der Waals surface area contributed by atoms with Crippen molar-refractivity contribution in [3.8, 4) is 0 Å². The highest BCUT2D eigenvalue weighted by molar-refractivity contribution is 5.83. The SMILES string of the molecule is Cn1ncc2c1Nc1ccccc1NC2.O=C(O)C(O)C(O)C(=O)O. The van der Waals surface area contributed by atoms with Crippen LogP contribution in [0.1, 0.15) is 5.56 Å². The number of nitrogens with one attached hydrogen (secondary N) is 2. The minimum Gasteiger partial charge on any atom is -0.479 e. The molecular weight excluding hydrogens is 332 g/mol. The Morgan fingerprint density at radius 1 is 1.12 bits per heavy atom. The lowest BCUT2D eigenvalue weighted by atomic mass is 10.2. The van der Waals surface area contributed by atoms with E-state index in [0.717, 1.165) is 23.7 Å². The van der Waals surface area contributed by atoms with Crippen LogP contribution >= 0.6 is 0 Å². The Morgan fingerprint density at radius 2 is 1.68 bits per heavy atom. The number of aromatic nitrogens is 2. The van der Waals surface area contributed by atoms with Gasteiger partial charge in [0.1, 0.15) is 5.82 Å². The average Bonchev–Trinajstić information content (AvgIpc) is 2.82. The zero-order chi connectivity index (χ0) is 18.6. The quantitative estimate of drug-likeness (QED) is 0.447. The van der Waals surface area contributed by atoms with Crippen LogP contribution in [-0.2, 0) is 23.2 Å².